The molecule has 1 aliphatic rings. The van der Waals surface area contributed by atoms with Gasteiger partial charge in [-0.2, -0.15) is 0 Å². The molecule has 0 aromatic heterocycles. The Morgan fingerprint density at radius 2 is 1.92 bits per heavy atom. The van der Waals surface area contributed by atoms with Gasteiger partial charge in [0.25, 0.3) is 0 Å². The predicted molar refractivity (Wildman–Crippen MR) is 100 cm³/mol. The van der Waals surface area contributed by atoms with Gasteiger partial charge in [-0.1, -0.05) is 28.1 Å². The number of rotatable bonds is 8. The SMILES string of the molecule is COCCCNC(=O)CN1CCN(C(C)c2ccc(Br)cc2)CC1. The third-order valence-electron chi connectivity index (χ3n) is 4.52. The fourth-order valence-electron chi connectivity index (χ4n) is 2.96. The second kappa shape index (κ2) is 10.1. The number of amides is 1. The van der Waals surface area contributed by atoms with Crippen molar-refractivity contribution >= 4 is 21.8 Å². The van der Waals surface area contributed by atoms with Gasteiger partial charge in [-0.3, -0.25) is 14.6 Å². The van der Waals surface area contributed by atoms with Crippen LogP contribution in [-0.4, -0.2) is 68.7 Å². The summed E-state index contributed by atoms with van der Waals surface area (Å²) >= 11 is 3.48. The molecule has 1 aromatic rings. The van der Waals surface area contributed by atoms with Crippen LogP contribution in [0.3, 0.4) is 0 Å². The zero-order chi connectivity index (χ0) is 17.4. The smallest absolute Gasteiger partial charge is 0.234 e. The van der Waals surface area contributed by atoms with Crippen LogP contribution in [0.25, 0.3) is 0 Å². The fraction of sp³-hybridized carbons (Fsp3) is 0.611. The molecule has 1 unspecified atom stereocenters. The first-order valence-electron chi connectivity index (χ1n) is 8.57. The maximum atomic E-state index is 11.9. The zero-order valence-corrected chi connectivity index (χ0v) is 16.2. The molecule has 0 saturated carbocycles. The summed E-state index contributed by atoms with van der Waals surface area (Å²) in [4.78, 5) is 16.6. The van der Waals surface area contributed by atoms with Crippen molar-refractivity contribution in [3.8, 4) is 0 Å². The lowest BCUT2D eigenvalue weighted by Crippen LogP contribution is -2.50. The summed E-state index contributed by atoms with van der Waals surface area (Å²) in [5.74, 6) is 0.112. The minimum Gasteiger partial charge on any atom is -0.385 e. The van der Waals surface area contributed by atoms with Gasteiger partial charge in [0.2, 0.25) is 5.91 Å². The number of halogens is 1. The van der Waals surface area contributed by atoms with Crippen LogP contribution in [0.4, 0.5) is 0 Å². The van der Waals surface area contributed by atoms with E-state index in [1.54, 1.807) is 7.11 Å². The van der Waals surface area contributed by atoms with Crippen LogP contribution in [0.15, 0.2) is 28.7 Å². The van der Waals surface area contributed by atoms with E-state index >= 15 is 0 Å². The van der Waals surface area contributed by atoms with Crippen molar-refractivity contribution in [3.05, 3.63) is 34.3 Å². The van der Waals surface area contributed by atoms with E-state index in [0.717, 1.165) is 37.1 Å². The number of hydrogen-bond donors (Lipinski definition) is 1. The van der Waals surface area contributed by atoms with Crippen LogP contribution in [0.5, 0.6) is 0 Å². The normalized spacial score (nSPS) is 17.6. The third kappa shape index (κ3) is 6.16. The Morgan fingerprint density at radius 3 is 2.54 bits per heavy atom. The summed E-state index contributed by atoms with van der Waals surface area (Å²) in [5, 5.41) is 2.95. The Labute approximate surface area is 153 Å². The molecule has 134 valence electrons. The molecule has 1 atom stereocenters. The summed E-state index contributed by atoms with van der Waals surface area (Å²) in [7, 11) is 1.68. The molecular formula is C18H28BrN3O2. The molecule has 6 heteroatoms. The van der Waals surface area contributed by atoms with Gasteiger partial charge >= 0.3 is 0 Å². The van der Waals surface area contributed by atoms with Crippen LogP contribution in [0, 0.1) is 0 Å². The summed E-state index contributed by atoms with van der Waals surface area (Å²) in [6.45, 7) is 7.98. The second-order valence-corrected chi connectivity index (χ2v) is 7.15. The molecule has 0 aliphatic carbocycles. The van der Waals surface area contributed by atoms with E-state index in [-0.39, 0.29) is 5.91 Å². The molecule has 1 aliphatic heterocycles. The molecule has 1 aromatic carbocycles. The Balaban J connectivity index is 1.71. The van der Waals surface area contributed by atoms with Gasteiger partial charge in [0, 0.05) is 57.0 Å². The summed E-state index contributed by atoms with van der Waals surface area (Å²) < 4.78 is 6.09. The average molecular weight is 398 g/mol. The molecule has 5 nitrogen and oxygen atoms in total. The van der Waals surface area contributed by atoms with E-state index < -0.39 is 0 Å². The first kappa shape index (κ1) is 19.4. The molecule has 1 fully saturated rings. The first-order valence-corrected chi connectivity index (χ1v) is 9.37. The highest BCUT2D eigenvalue weighted by Crippen LogP contribution is 2.23. The van der Waals surface area contributed by atoms with Crippen molar-refractivity contribution in [3.63, 3.8) is 0 Å². The van der Waals surface area contributed by atoms with Crippen molar-refractivity contribution in [2.24, 2.45) is 0 Å². The number of nitrogens with one attached hydrogen (secondary N) is 1. The van der Waals surface area contributed by atoms with Gasteiger partial charge in [-0.25, -0.2) is 0 Å². The lowest BCUT2D eigenvalue weighted by atomic mass is 10.1. The molecule has 0 spiro atoms. The molecule has 0 radical (unpaired) electrons. The Morgan fingerprint density at radius 1 is 1.25 bits per heavy atom. The summed E-state index contributed by atoms with van der Waals surface area (Å²) in [5.41, 5.74) is 1.34. The monoisotopic (exact) mass is 397 g/mol. The number of benzene rings is 1. The highest BCUT2D eigenvalue weighted by atomic mass is 79.9. The Hall–Kier alpha value is -0.950. The summed E-state index contributed by atoms with van der Waals surface area (Å²) in [6.07, 6.45) is 0.862. The van der Waals surface area contributed by atoms with Gasteiger partial charge < -0.3 is 10.1 Å². The topological polar surface area (TPSA) is 44.8 Å². The standard InChI is InChI=1S/C18H28BrN3O2/c1-15(16-4-6-17(19)7-5-16)22-11-9-21(10-12-22)14-18(23)20-8-3-13-24-2/h4-7,15H,3,8-14H2,1-2H3,(H,20,23). The van der Waals surface area contributed by atoms with E-state index in [1.165, 1.54) is 5.56 Å². The van der Waals surface area contributed by atoms with E-state index in [9.17, 15) is 4.79 Å². The highest BCUT2D eigenvalue weighted by molar-refractivity contribution is 9.10. The van der Waals surface area contributed by atoms with Crippen LogP contribution in [-0.2, 0) is 9.53 Å². The average Bonchev–Trinajstić information content (AvgIpc) is 2.59. The quantitative estimate of drug-likeness (QED) is 0.683. The molecule has 1 heterocycles. The van der Waals surface area contributed by atoms with Crippen LogP contribution in [0.1, 0.15) is 24.9 Å². The maximum absolute atomic E-state index is 11.9. The number of nitrogens with zero attached hydrogens (tertiary/aromatic N) is 2. The van der Waals surface area contributed by atoms with Gasteiger partial charge in [-0.05, 0) is 31.0 Å². The van der Waals surface area contributed by atoms with Crippen molar-refractivity contribution in [1.29, 1.82) is 0 Å². The van der Waals surface area contributed by atoms with E-state index in [4.69, 9.17) is 4.74 Å². The van der Waals surface area contributed by atoms with Crippen molar-refractivity contribution in [2.75, 3.05) is 53.0 Å². The lowest BCUT2D eigenvalue weighted by molar-refractivity contribution is -0.122. The van der Waals surface area contributed by atoms with E-state index in [0.29, 0.717) is 25.7 Å². The second-order valence-electron chi connectivity index (χ2n) is 6.24. The highest BCUT2D eigenvalue weighted by Gasteiger charge is 2.23. The van der Waals surface area contributed by atoms with Crippen LogP contribution >= 0.6 is 15.9 Å². The lowest BCUT2D eigenvalue weighted by Gasteiger charge is -2.38. The molecule has 2 rings (SSSR count). The van der Waals surface area contributed by atoms with Gasteiger partial charge in [0.1, 0.15) is 0 Å². The van der Waals surface area contributed by atoms with E-state index in [1.807, 2.05) is 0 Å². The van der Waals surface area contributed by atoms with Crippen LogP contribution in [0.2, 0.25) is 0 Å². The molecule has 24 heavy (non-hydrogen) atoms. The Bertz CT molecular complexity index is 501. The maximum Gasteiger partial charge on any atom is 0.234 e. The molecule has 1 N–H and O–H groups in total. The minimum absolute atomic E-state index is 0.112. The van der Waals surface area contributed by atoms with Crippen molar-refractivity contribution in [2.45, 2.75) is 19.4 Å². The largest absolute Gasteiger partial charge is 0.385 e. The third-order valence-corrected chi connectivity index (χ3v) is 5.05. The minimum atomic E-state index is 0.112. The first-order chi connectivity index (χ1) is 11.6. The molecule has 1 saturated heterocycles. The van der Waals surface area contributed by atoms with Gasteiger partial charge in [0.05, 0.1) is 6.54 Å². The number of hydrogen-bond acceptors (Lipinski definition) is 4. The van der Waals surface area contributed by atoms with E-state index in [2.05, 4.69) is 62.2 Å². The molecular weight excluding hydrogens is 370 g/mol. The fourth-order valence-corrected chi connectivity index (χ4v) is 3.23. The van der Waals surface area contributed by atoms with Gasteiger partial charge in [0.15, 0.2) is 0 Å². The number of ether oxygens (including phenoxy) is 1. The molecule has 1 amide bonds. The Kier molecular flexibility index (Phi) is 8.18. The number of piperazine rings is 1. The number of carbonyl (C=O) groups excluding carboxylic acids is 1. The van der Waals surface area contributed by atoms with Crippen molar-refractivity contribution in [1.82, 2.24) is 15.1 Å². The number of carbonyl (C=O) groups is 1. The predicted octanol–water partition coefficient (Wildman–Crippen LogP) is 2.28. The van der Waals surface area contributed by atoms with Gasteiger partial charge in [-0.15, -0.1) is 0 Å². The van der Waals surface area contributed by atoms with Crippen molar-refractivity contribution < 1.29 is 9.53 Å². The number of methoxy groups -OCH3 is 1. The van der Waals surface area contributed by atoms with Crippen LogP contribution < -0.4 is 5.32 Å². The zero-order valence-electron chi connectivity index (χ0n) is 14.6. The summed E-state index contributed by atoms with van der Waals surface area (Å²) in [6, 6.07) is 8.94. The molecule has 0 bridgehead atoms.